The number of nitrogens with one attached hydrogen (secondary N) is 1. The Morgan fingerprint density at radius 2 is 2.13 bits per heavy atom. The second-order valence-corrected chi connectivity index (χ2v) is 4.85. The maximum atomic E-state index is 12.5. The minimum absolute atomic E-state index is 0.275. The number of aromatic nitrogens is 4. The summed E-state index contributed by atoms with van der Waals surface area (Å²) < 4.78 is 6.81. The highest BCUT2D eigenvalue weighted by molar-refractivity contribution is 6.04. The van der Waals surface area contributed by atoms with Gasteiger partial charge in [-0.05, 0) is 37.3 Å². The fourth-order valence-electron chi connectivity index (χ4n) is 2.11. The van der Waals surface area contributed by atoms with Crippen molar-refractivity contribution in [3.63, 3.8) is 0 Å². The Balaban J connectivity index is 1.87. The first-order valence-electron chi connectivity index (χ1n) is 6.95. The summed E-state index contributed by atoms with van der Waals surface area (Å²) in [5.41, 5.74) is 2.03. The second kappa shape index (κ2) is 6.27. The third-order valence-corrected chi connectivity index (χ3v) is 3.24. The SMILES string of the molecule is COc1ccc(C)nc1NC(=O)c1cccc(-n2cncn2)c1. The van der Waals surface area contributed by atoms with Gasteiger partial charge in [-0.15, -0.1) is 0 Å². The van der Waals surface area contributed by atoms with Gasteiger partial charge in [0.1, 0.15) is 12.7 Å². The van der Waals surface area contributed by atoms with E-state index in [-0.39, 0.29) is 5.91 Å². The number of rotatable bonds is 4. The molecule has 7 heteroatoms. The van der Waals surface area contributed by atoms with Crippen LogP contribution in [0.5, 0.6) is 5.75 Å². The number of carbonyl (C=O) groups is 1. The van der Waals surface area contributed by atoms with Crippen molar-refractivity contribution in [3.05, 3.63) is 60.3 Å². The van der Waals surface area contributed by atoms with E-state index in [1.165, 1.54) is 13.4 Å². The molecule has 1 aromatic carbocycles. The number of nitrogens with zero attached hydrogens (tertiary/aromatic N) is 4. The van der Waals surface area contributed by atoms with Gasteiger partial charge in [0.25, 0.3) is 5.91 Å². The average molecular weight is 309 g/mol. The molecule has 1 N–H and O–H groups in total. The molecule has 3 rings (SSSR count). The average Bonchev–Trinajstić information content (AvgIpc) is 3.10. The fraction of sp³-hybridized carbons (Fsp3) is 0.125. The number of methoxy groups -OCH3 is 1. The number of amides is 1. The number of ether oxygens (including phenoxy) is 1. The maximum absolute atomic E-state index is 12.5. The highest BCUT2D eigenvalue weighted by Gasteiger charge is 2.12. The van der Waals surface area contributed by atoms with Crippen LogP contribution < -0.4 is 10.1 Å². The van der Waals surface area contributed by atoms with E-state index in [9.17, 15) is 4.79 Å². The molecule has 2 heterocycles. The van der Waals surface area contributed by atoms with Crippen LogP contribution in [0.4, 0.5) is 5.82 Å². The van der Waals surface area contributed by atoms with Gasteiger partial charge in [-0.2, -0.15) is 5.10 Å². The van der Waals surface area contributed by atoms with Crippen molar-refractivity contribution in [2.24, 2.45) is 0 Å². The van der Waals surface area contributed by atoms with Gasteiger partial charge in [0.2, 0.25) is 0 Å². The van der Waals surface area contributed by atoms with E-state index in [0.29, 0.717) is 17.1 Å². The number of benzene rings is 1. The van der Waals surface area contributed by atoms with E-state index in [1.54, 1.807) is 35.3 Å². The van der Waals surface area contributed by atoms with E-state index < -0.39 is 0 Å². The van der Waals surface area contributed by atoms with Crippen LogP contribution in [0.3, 0.4) is 0 Å². The number of anilines is 1. The Hall–Kier alpha value is -3.22. The predicted molar refractivity (Wildman–Crippen MR) is 84.8 cm³/mol. The van der Waals surface area contributed by atoms with Crippen molar-refractivity contribution in [2.45, 2.75) is 6.92 Å². The lowest BCUT2D eigenvalue weighted by Gasteiger charge is -2.10. The van der Waals surface area contributed by atoms with Crippen molar-refractivity contribution in [1.82, 2.24) is 19.7 Å². The van der Waals surface area contributed by atoms with Crippen molar-refractivity contribution >= 4 is 11.7 Å². The Labute approximate surface area is 133 Å². The molecule has 0 saturated carbocycles. The summed E-state index contributed by atoms with van der Waals surface area (Å²) in [6.07, 6.45) is 3.01. The molecule has 7 nitrogen and oxygen atoms in total. The number of hydrogen-bond acceptors (Lipinski definition) is 5. The second-order valence-electron chi connectivity index (χ2n) is 4.85. The Morgan fingerprint density at radius 3 is 2.87 bits per heavy atom. The zero-order valence-electron chi connectivity index (χ0n) is 12.7. The lowest BCUT2D eigenvalue weighted by molar-refractivity contribution is 0.102. The smallest absolute Gasteiger partial charge is 0.256 e. The van der Waals surface area contributed by atoms with Crippen LogP contribution in [-0.2, 0) is 0 Å². The highest BCUT2D eigenvalue weighted by atomic mass is 16.5. The molecule has 0 saturated heterocycles. The molecule has 3 aromatic rings. The molecule has 23 heavy (non-hydrogen) atoms. The first-order valence-corrected chi connectivity index (χ1v) is 6.95. The van der Waals surface area contributed by atoms with Gasteiger partial charge in [-0.3, -0.25) is 4.79 Å². The van der Waals surface area contributed by atoms with E-state index in [1.807, 2.05) is 19.1 Å². The predicted octanol–water partition coefficient (Wildman–Crippen LogP) is 2.23. The molecule has 0 fully saturated rings. The van der Waals surface area contributed by atoms with Gasteiger partial charge in [0, 0.05) is 11.3 Å². The first-order chi connectivity index (χ1) is 11.2. The maximum Gasteiger partial charge on any atom is 0.256 e. The van der Waals surface area contributed by atoms with Gasteiger partial charge in [0.05, 0.1) is 12.8 Å². The van der Waals surface area contributed by atoms with Crippen LogP contribution in [-0.4, -0.2) is 32.8 Å². The van der Waals surface area contributed by atoms with Gasteiger partial charge in [0.15, 0.2) is 11.6 Å². The van der Waals surface area contributed by atoms with Gasteiger partial charge < -0.3 is 10.1 Å². The summed E-state index contributed by atoms with van der Waals surface area (Å²) in [7, 11) is 1.54. The molecule has 0 unspecified atom stereocenters. The third-order valence-electron chi connectivity index (χ3n) is 3.24. The minimum Gasteiger partial charge on any atom is -0.493 e. The molecule has 0 aliphatic carbocycles. The van der Waals surface area contributed by atoms with Crippen LogP contribution in [0.2, 0.25) is 0 Å². The van der Waals surface area contributed by atoms with Gasteiger partial charge >= 0.3 is 0 Å². The summed E-state index contributed by atoms with van der Waals surface area (Å²) in [6, 6.07) is 10.7. The van der Waals surface area contributed by atoms with Crippen LogP contribution in [0.1, 0.15) is 16.1 Å². The first kappa shape index (κ1) is 14.7. The van der Waals surface area contributed by atoms with Crippen molar-refractivity contribution in [3.8, 4) is 11.4 Å². The topological polar surface area (TPSA) is 81.9 Å². The Morgan fingerprint density at radius 1 is 1.26 bits per heavy atom. The zero-order valence-corrected chi connectivity index (χ0v) is 12.7. The molecular formula is C16H15N5O2. The summed E-state index contributed by atoms with van der Waals surface area (Å²) in [5, 5.41) is 6.82. The molecule has 0 spiro atoms. The zero-order chi connectivity index (χ0) is 16.2. The van der Waals surface area contributed by atoms with Gasteiger partial charge in [-0.25, -0.2) is 14.6 Å². The summed E-state index contributed by atoms with van der Waals surface area (Å²) in [4.78, 5) is 20.7. The normalized spacial score (nSPS) is 10.3. The molecular weight excluding hydrogens is 294 g/mol. The lowest BCUT2D eigenvalue weighted by Crippen LogP contribution is -2.14. The molecule has 1 amide bonds. The third kappa shape index (κ3) is 3.18. The summed E-state index contributed by atoms with van der Waals surface area (Å²) in [6.45, 7) is 1.85. The van der Waals surface area contributed by atoms with E-state index >= 15 is 0 Å². The van der Waals surface area contributed by atoms with Crippen LogP contribution in [0, 0.1) is 6.92 Å². The summed E-state index contributed by atoms with van der Waals surface area (Å²) in [5.74, 6) is 0.628. The van der Waals surface area contributed by atoms with Gasteiger partial charge in [-0.1, -0.05) is 6.07 Å². The number of aryl methyl sites for hydroxylation is 1. The van der Waals surface area contributed by atoms with Crippen LogP contribution >= 0.6 is 0 Å². The quantitative estimate of drug-likeness (QED) is 0.799. The van der Waals surface area contributed by atoms with E-state index in [4.69, 9.17) is 4.74 Å². The fourth-order valence-corrected chi connectivity index (χ4v) is 2.11. The van der Waals surface area contributed by atoms with Crippen molar-refractivity contribution < 1.29 is 9.53 Å². The largest absolute Gasteiger partial charge is 0.493 e. The monoisotopic (exact) mass is 309 g/mol. The minimum atomic E-state index is -0.275. The summed E-state index contributed by atoms with van der Waals surface area (Å²) >= 11 is 0. The molecule has 0 aliphatic heterocycles. The Kier molecular flexibility index (Phi) is 4.01. The Bertz CT molecular complexity index is 830. The number of hydrogen-bond donors (Lipinski definition) is 1. The number of pyridine rings is 1. The van der Waals surface area contributed by atoms with Crippen LogP contribution in [0.15, 0.2) is 49.1 Å². The van der Waals surface area contributed by atoms with Crippen LogP contribution in [0.25, 0.3) is 5.69 Å². The molecule has 116 valence electrons. The highest BCUT2D eigenvalue weighted by Crippen LogP contribution is 2.22. The molecule has 0 atom stereocenters. The molecule has 0 bridgehead atoms. The molecule has 2 aromatic heterocycles. The van der Waals surface area contributed by atoms with E-state index in [0.717, 1.165) is 11.4 Å². The standard InChI is InChI=1S/C16H15N5O2/c1-11-6-7-14(23-2)15(19-11)20-16(22)12-4-3-5-13(8-12)21-10-17-9-18-21/h3-10H,1-2H3,(H,19,20,22). The van der Waals surface area contributed by atoms with Crippen molar-refractivity contribution in [1.29, 1.82) is 0 Å². The van der Waals surface area contributed by atoms with Crippen molar-refractivity contribution in [2.75, 3.05) is 12.4 Å². The molecule has 0 aliphatic rings. The number of carbonyl (C=O) groups excluding carboxylic acids is 1. The lowest BCUT2D eigenvalue weighted by atomic mass is 10.2. The molecule has 0 radical (unpaired) electrons. The van der Waals surface area contributed by atoms with E-state index in [2.05, 4.69) is 20.4 Å².